The number of hydrogen-bond donors (Lipinski definition) is 2. The summed E-state index contributed by atoms with van der Waals surface area (Å²) in [7, 11) is 1.72. The average molecular weight is 467 g/mol. The molecule has 1 saturated heterocycles. The molecule has 0 spiro atoms. The molecule has 5 nitrogen and oxygen atoms in total. The zero-order valence-electron chi connectivity index (χ0n) is 14.6. The molecule has 1 aliphatic rings. The largest absolute Gasteiger partial charge is 0.385 e. The fourth-order valence-corrected chi connectivity index (χ4v) is 3.32. The van der Waals surface area contributed by atoms with E-state index in [9.17, 15) is 0 Å². The molecule has 7 heteroatoms. The first kappa shape index (κ1) is 21.7. The maximum atomic E-state index is 5.67. The molecule has 1 fully saturated rings. The number of nitrogens with zero attached hydrogens (tertiary/aromatic N) is 1. The third-order valence-electron chi connectivity index (χ3n) is 3.88. The Kier molecular flexibility index (Phi) is 11.7. The number of halogens is 1. The Bertz CT molecular complexity index is 451. The van der Waals surface area contributed by atoms with Gasteiger partial charge >= 0.3 is 0 Å². The lowest BCUT2D eigenvalue weighted by molar-refractivity contribution is 0.105. The van der Waals surface area contributed by atoms with Crippen molar-refractivity contribution in [2.75, 3.05) is 33.4 Å². The SMILES string of the molecule is COCCCN=C(NCCC1CCCO1)NC(C)c1cccs1.I. The van der Waals surface area contributed by atoms with Crippen LogP contribution in [0.5, 0.6) is 0 Å². The summed E-state index contributed by atoms with van der Waals surface area (Å²) in [5, 5.41) is 9.03. The summed E-state index contributed by atoms with van der Waals surface area (Å²) in [5.41, 5.74) is 0. The summed E-state index contributed by atoms with van der Waals surface area (Å²) in [6.07, 6.45) is 4.75. The first-order chi connectivity index (χ1) is 11.3. The highest BCUT2D eigenvalue weighted by atomic mass is 127. The molecule has 0 amide bonds. The monoisotopic (exact) mass is 467 g/mol. The summed E-state index contributed by atoms with van der Waals surface area (Å²) in [6, 6.07) is 4.49. The number of guanidine groups is 1. The van der Waals surface area contributed by atoms with Crippen LogP contribution in [0, 0.1) is 0 Å². The van der Waals surface area contributed by atoms with Crippen molar-refractivity contribution < 1.29 is 9.47 Å². The highest BCUT2D eigenvalue weighted by molar-refractivity contribution is 14.0. The van der Waals surface area contributed by atoms with Gasteiger partial charge in [0.1, 0.15) is 0 Å². The topological polar surface area (TPSA) is 54.9 Å². The van der Waals surface area contributed by atoms with Crippen LogP contribution >= 0.6 is 35.3 Å². The molecule has 1 aliphatic heterocycles. The Morgan fingerprint density at radius 3 is 3.08 bits per heavy atom. The highest BCUT2D eigenvalue weighted by Gasteiger charge is 2.15. The number of aliphatic imine (C=N–C) groups is 1. The van der Waals surface area contributed by atoms with E-state index < -0.39 is 0 Å². The first-order valence-corrected chi connectivity index (χ1v) is 9.36. The van der Waals surface area contributed by atoms with E-state index in [4.69, 9.17) is 9.47 Å². The van der Waals surface area contributed by atoms with Gasteiger partial charge in [-0.3, -0.25) is 4.99 Å². The van der Waals surface area contributed by atoms with Crippen LogP contribution in [-0.2, 0) is 9.47 Å². The Labute approximate surface area is 166 Å². The van der Waals surface area contributed by atoms with Crippen molar-refractivity contribution in [2.24, 2.45) is 4.99 Å². The predicted molar refractivity (Wildman–Crippen MR) is 112 cm³/mol. The lowest BCUT2D eigenvalue weighted by Crippen LogP contribution is -2.40. The van der Waals surface area contributed by atoms with Gasteiger partial charge in [0.15, 0.2) is 5.96 Å². The molecule has 2 rings (SSSR count). The molecule has 1 aromatic heterocycles. The van der Waals surface area contributed by atoms with Crippen LogP contribution in [0.4, 0.5) is 0 Å². The molecule has 2 atom stereocenters. The van der Waals surface area contributed by atoms with E-state index in [1.54, 1.807) is 18.4 Å². The molecule has 138 valence electrons. The fourth-order valence-electron chi connectivity index (χ4n) is 2.59. The van der Waals surface area contributed by atoms with Gasteiger partial charge in [0.05, 0.1) is 12.1 Å². The maximum absolute atomic E-state index is 5.67. The van der Waals surface area contributed by atoms with Crippen LogP contribution < -0.4 is 10.6 Å². The first-order valence-electron chi connectivity index (χ1n) is 8.48. The normalized spacial score (nSPS) is 18.9. The fraction of sp³-hybridized carbons (Fsp3) is 0.706. The minimum Gasteiger partial charge on any atom is -0.385 e. The van der Waals surface area contributed by atoms with Crippen molar-refractivity contribution in [3.63, 3.8) is 0 Å². The Balaban J connectivity index is 0.00000288. The molecular weight excluding hydrogens is 437 g/mol. The van der Waals surface area contributed by atoms with Gasteiger partial charge in [-0.1, -0.05) is 6.07 Å². The van der Waals surface area contributed by atoms with Crippen LogP contribution in [0.25, 0.3) is 0 Å². The summed E-state index contributed by atoms with van der Waals surface area (Å²) >= 11 is 1.76. The van der Waals surface area contributed by atoms with Crippen molar-refractivity contribution in [1.29, 1.82) is 0 Å². The average Bonchev–Trinajstić information content (AvgIpc) is 3.24. The molecule has 1 aromatic rings. The molecular formula is C17H30IN3O2S. The standard InChI is InChI=1S/C17H29N3O2S.HI/c1-14(16-7-4-13-23-16)20-17(18-9-5-11-21-2)19-10-8-15-6-3-12-22-15;/h4,7,13-15H,3,5-6,8-12H2,1-2H3,(H2,18,19,20);1H. The quantitative estimate of drug-likeness (QED) is 0.252. The van der Waals surface area contributed by atoms with Crippen LogP contribution in [0.1, 0.15) is 43.5 Å². The van der Waals surface area contributed by atoms with Crippen LogP contribution in [-0.4, -0.2) is 45.5 Å². The Morgan fingerprint density at radius 2 is 2.42 bits per heavy atom. The van der Waals surface area contributed by atoms with E-state index in [1.165, 1.54) is 17.7 Å². The van der Waals surface area contributed by atoms with Gasteiger partial charge in [-0.05, 0) is 44.1 Å². The van der Waals surface area contributed by atoms with Crippen molar-refractivity contribution >= 4 is 41.3 Å². The number of nitrogens with one attached hydrogen (secondary N) is 2. The summed E-state index contributed by atoms with van der Waals surface area (Å²) in [5.74, 6) is 0.875. The van der Waals surface area contributed by atoms with Crippen LogP contribution in [0.15, 0.2) is 22.5 Å². The smallest absolute Gasteiger partial charge is 0.191 e. The zero-order chi connectivity index (χ0) is 16.3. The second-order valence-electron chi connectivity index (χ2n) is 5.81. The van der Waals surface area contributed by atoms with Crippen molar-refractivity contribution in [1.82, 2.24) is 10.6 Å². The van der Waals surface area contributed by atoms with Crippen LogP contribution in [0.2, 0.25) is 0 Å². The second kappa shape index (κ2) is 12.9. The summed E-state index contributed by atoms with van der Waals surface area (Å²) in [4.78, 5) is 5.97. The maximum Gasteiger partial charge on any atom is 0.191 e. The minimum absolute atomic E-state index is 0. The van der Waals surface area contributed by atoms with E-state index in [0.717, 1.165) is 45.1 Å². The predicted octanol–water partition coefficient (Wildman–Crippen LogP) is 3.57. The Morgan fingerprint density at radius 1 is 1.54 bits per heavy atom. The summed E-state index contributed by atoms with van der Waals surface area (Å²) < 4.78 is 10.8. The molecule has 2 heterocycles. The number of rotatable bonds is 9. The van der Waals surface area contributed by atoms with Crippen molar-refractivity contribution in [2.45, 2.75) is 44.8 Å². The lowest BCUT2D eigenvalue weighted by atomic mass is 10.2. The molecule has 0 radical (unpaired) electrons. The van der Waals surface area contributed by atoms with Crippen LogP contribution in [0.3, 0.4) is 0 Å². The number of ether oxygens (including phenoxy) is 2. The van der Waals surface area contributed by atoms with E-state index in [0.29, 0.717) is 6.10 Å². The lowest BCUT2D eigenvalue weighted by Gasteiger charge is -2.18. The van der Waals surface area contributed by atoms with Gasteiger partial charge in [-0.15, -0.1) is 35.3 Å². The Hall–Kier alpha value is -0.380. The van der Waals surface area contributed by atoms with E-state index in [2.05, 4.69) is 40.1 Å². The molecule has 2 unspecified atom stereocenters. The number of methoxy groups -OCH3 is 1. The zero-order valence-corrected chi connectivity index (χ0v) is 17.8. The minimum atomic E-state index is 0. The van der Waals surface area contributed by atoms with Gasteiger partial charge in [0.25, 0.3) is 0 Å². The van der Waals surface area contributed by atoms with Gasteiger partial charge in [-0.2, -0.15) is 0 Å². The van der Waals surface area contributed by atoms with Gasteiger partial charge in [0, 0.05) is 38.3 Å². The summed E-state index contributed by atoms with van der Waals surface area (Å²) in [6.45, 7) is 5.47. The number of hydrogen-bond acceptors (Lipinski definition) is 4. The van der Waals surface area contributed by atoms with Gasteiger partial charge < -0.3 is 20.1 Å². The highest BCUT2D eigenvalue weighted by Crippen LogP contribution is 2.18. The molecule has 0 aromatic carbocycles. The van der Waals surface area contributed by atoms with E-state index in [-0.39, 0.29) is 30.0 Å². The molecule has 0 aliphatic carbocycles. The molecule has 0 saturated carbocycles. The molecule has 0 bridgehead atoms. The van der Waals surface area contributed by atoms with Gasteiger partial charge in [0.2, 0.25) is 0 Å². The third-order valence-corrected chi connectivity index (χ3v) is 4.94. The van der Waals surface area contributed by atoms with E-state index in [1.807, 2.05) is 0 Å². The van der Waals surface area contributed by atoms with Gasteiger partial charge in [-0.25, -0.2) is 0 Å². The van der Waals surface area contributed by atoms with Crippen molar-refractivity contribution in [3.8, 4) is 0 Å². The molecule has 2 N–H and O–H groups in total. The number of thiophene rings is 1. The second-order valence-corrected chi connectivity index (χ2v) is 6.79. The third kappa shape index (κ3) is 8.13. The van der Waals surface area contributed by atoms with Crippen molar-refractivity contribution in [3.05, 3.63) is 22.4 Å². The van der Waals surface area contributed by atoms with E-state index >= 15 is 0 Å². The molecule has 24 heavy (non-hydrogen) atoms.